The Balaban J connectivity index is 1.06. The largest absolute Gasteiger partial charge is 0.371 e. The average molecular weight is 556 g/mol. The van der Waals surface area contributed by atoms with E-state index in [1.165, 1.54) is 0 Å². The number of hydrogen-bond donors (Lipinski definition) is 1. The molecule has 0 aromatic heterocycles. The Morgan fingerprint density at radius 3 is 2.37 bits per heavy atom. The molecule has 7 nitrogen and oxygen atoms in total. The fourth-order valence-corrected chi connectivity index (χ4v) is 5.15. The van der Waals surface area contributed by atoms with Crippen LogP contribution in [0, 0.1) is 0 Å². The number of ketones is 1. The first-order chi connectivity index (χ1) is 20.0. The lowest BCUT2D eigenvalue weighted by Crippen LogP contribution is -2.48. The Morgan fingerprint density at radius 1 is 0.902 bits per heavy atom. The third-order valence-corrected chi connectivity index (χ3v) is 7.49. The molecule has 5 rings (SSSR count). The summed E-state index contributed by atoms with van der Waals surface area (Å²) in [5.41, 5.74) is 2.94. The number of allylic oxidation sites excluding steroid dienone is 2. The van der Waals surface area contributed by atoms with Gasteiger partial charge in [-0.25, -0.2) is 4.39 Å². The molecule has 1 heterocycles. The molecular weight excluding hydrogens is 521 g/mol. The van der Waals surface area contributed by atoms with Crippen LogP contribution in [0.1, 0.15) is 29.6 Å². The first kappa shape index (κ1) is 28.2. The number of amides is 2. The lowest BCUT2D eigenvalue weighted by molar-refractivity contribution is -0.133. The van der Waals surface area contributed by atoms with Gasteiger partial charge in [0.05, 0.1) is 12.7 Å². The summed E-state index contributed by atoms with van der Waals surface area (Å²) in [6.07, 6.45) is 5.95. The van der Waals surface area contributed by atoms with Gasteiger partial charge in [0.1, 0.15) is 6.67 Å². The molecule has 0 bridgehead atoms. The van der Waals surface area contributed by atoms with Crippen molar-refractivity contribution < 1.29 is 23.5 Å². The predicted molar refractivity (Wildman–Crippen MR) is 159 cm³/mol. The Hall–Kier alpha value is -4.30. The van der Waals surface area contributed by atoms with Crippen LogP contribution in [0.2, 0.25) is 0 Å². The van der Waals surface area contributed by atoms with Crippen molar-refractivity contribution in [2.75, 3.05) is 49.7 Å². The van der Waals surface area contributed by atoms with Gasteiger partial charge in [0, 0.05) is 61.5 Å². The highest BCUT2D eigenvalue weighted by atomic mass is 19.1. The molecule has 0 spiro atoms. The monoisotopic (exact) mass is 555 g/mol. The predicted octanol–water partition coefficient (Wildman–Crippen LogP) is 5.33. The number of fused-ring (bicyclic) bond motifs is 1. The van der Waals surface area contributed by atoms with E-state index in [1.54, 1.807) is 18.2 Å². The molecule has 1 fully saturated rings. The van der Waals surface area contributed by atoms with Crippen molar-refractivity contribution in [1.82, 2.24) is 4.90 Å². The van der Waals surface area contributed by atoms with Crippen LogP contribution in [0.15, 0.2) is 90.5 Å². The van der Waals surface area contributed by atoms with Gasteiger partial charge in [0.15, 0.2) is 5.78 Å². The van der Waals surface area contributed by atoms with E-state index in [9.17, 15) is 18.8 Å². The van der Waals surface area contributed by atoms with E-state index in [0.717, 1.165) is 22.1 Å². The Kier molecular flexibility index (Phi) is 9.21. The molecule has 0 radical (unpaired) electrons. The minimum atomic E-state index is -0.532. The van der Waals surface area contributed by atoms with E-state index in [1.807, 2.05) is 71.6 Å². The number of carbonyl (C=O) groups excluding carboxylic acids is 3. The number of nitrogens with zero attached hydrogens (tertiary/aromatic N) is 2. The van der Waals surface area contributed by atoms with Crippen molar-refractivity contribution in [3.05, 3.63) is 96.1 Å². The van der Waals surface area contributed by atoms with Crippen LogP contribution in [0.3, 0.4) is 0 Å². The summed E-state index contributed by atoms with van der Waals surface area (Å²) in [7, 11) is 0. The third kappa shape index (κ3) is 7.27. The second-order valence-electron chi connectivity index (χ2n) is 10.2. The highest BCUT2D eigenvalue weighted by Gasteiger charge is 2.23. The average Bonchev–Trinajstić information content (AvgIpc) is 3.03. The molecule has 1 unspecified atom stereocenters. The number of alkyl halides is 1. The van der Waals surface area contributed by atoms with Crippen LogP contribution in [0.4, 0.5) is 15.8 Å². The second kappa shape index (κ2) is 13.4. The van der Waals surface area contributed by atoms with Crippen molar-refractivity contribution in [1.29, 1.82) is 0 Å². The molecule has 1 saturated heterocycles. The molecule has 8 heteroatoms. The molecule has 212 valence electrons. The zero-order valence-electron chi connectivity index (χ0n) is 22.9. The molecule has 1 atom stereocenters. The minimum absolute atomic E-state index is 0.0192. The number of carbonyl (C=O) groups is 3. The quantitative estimate of drug-likeness (QED) is 0.366. The maximum atomic E-state index is 12.8. The standard InChI is InChI=1S/C33H34FN3O4/c34-17-22-41-30-13-7-25(8-14-30)31(38)15-16-32(39)37-20-18-36(19-21-37)29-11-9-28(10-12-29)35-33(40)27-6-5-24-3-1-2-4-26(24)23-27/h1-13,23,30H,14-22H2,(H,35,40). The summed E-state index contributed by atoms with van der Waals surface area (Å²) in [4.78, 5) is 42.1. The van der Waals surface area contributed by atoms with E-state index in [4.69, 9.17) is 4.74 Å². The molecule has 1 N–H and O–H groups in total. The van der Waals surface area contributed by atoms with Crippen LogP contribution < -0.4 is 10.2 Å². The van der Waals surface area contributed by atoms with Gasteiger partial charge >= 0.3 is 0 Å². The van der Waals surface area contributed by atoms with Gasteiger partial charge in [0.25, 0.3) is 5.91 Å². The smallest absolute Gasteiger partial charge is 0.255 e. The van der Waals surface area contributed by atoms with Gasteiger partial charge in [-0.05, 0) is 53.6 Å². The zero-order chi connectivity index (χ0) is 28.6. The van der Waals surface area contributed by atoms with Gasteiger partial charge in [-0.1, -0.05) is 48.6 Å². The van der Waals surface area contributed by atoms with Gasteiger partial charge in [0.2, 0.25) is 5.91 Å². The maximum Gasteiger partial charge on any atom is 0.255 e. The van der Waals surface area contributed by atoms with Crippen molar-refractivity contribution in [3.8, 4) is 0 Å². The second-order valence-corrected chi connectivity index (χ2v) is 10.2. The Bertz CT molecular complexity index is 1460. The van der Waals surface area contributed by atoms with Gasteiger partial charge in [-0.2, -0.15) is 0 Å². The summed E-state index contributed by atoms with van der Waals surface area (Å²) in [5.74, 6) is -0.240. The van der Waals surface area contributed by atoms with E-state index >= 15 is 0 Å². The summed E-state index contributed by atoms with van der Waals surface area (Å²) >= 11 is 0. The highest BCUT2D eigenvalue weighted by molar-refractivity contribution is 6.06. The van der Waals surface area contributed by atoms with Crippen LogP contribution in [-0.4, -0.2) is 68.1 Å². The summed E-state index contributed by atoms with van der Waals surface area (Å²) in [6.45, 7) is 2.07. The fraction of sp³-hybridized carbons (Fsp3) is 0.303. The molecule has 0 saturated carbocycles. The summed E-state index contributed by atoms with van der Waals surface area (Å²) in [5, 5.41) is 5.08. The maximum absolute atomic E-state index is 12.8. The van der Waals surface area contributed by atoms with Gasteiger partial charge in [-0.3, -0.25) is 14.4 Å². The fourth-order valence-electron chi connectivity index (χ4n) is 5.15. The van der Waals surface area contributed by atoms with E-state index in [0.29, 0.717) is 43.7 Å². The van der Waals surface area contributed by atoms with Crippen LogP contribution in [0.25, 0.3) is 10.8 Å². The van der Waals surface area contributed by atoms with Crippen molar-refractivity contribution in [3.63, 3.8) is 0 Å². The van der Waals surface area contributed by atoms with Crippen molar-refractivity contribution in [2.45, 2.75) is 25.4 Å². The molecular formula is C33H34FN3O4. The molecule has 41 heavy (non-hydrogen) atoms. The van der Waals surface area contributed by atoms with E-state index < -0.39 is 6.67 Å². The van der Waals surface area contributed by atoms with Crippen LogP contribution >= 0.6 is 0 Å². The van der Waals surface area contributed by atoms with Gasteiger partial charge in [-0.15, -0.1) is 0 Å². The number of halogens is 1. The number of rotatable bonds is 10. The molecule has 1 aliphatic heterocycles. The molecule has 1 aliphatic carbocycles. The molecule has 2 amide bonds. The summed E-state index contributed by atoms with van der Waals surface area (Å²) < 4.78 is 17.6. The number of nitrogens with one attached hydrogen (secondary N) is 1. The van der Waals surface area contributed by atoms with Crippen LogP contribution in [0.5, 0.6) is 0 Å². The number of anilines is 2. The molecule has 2 aliphatic rings. The minimum Gasteiger partial charge on any atom is -0.371 e. The SMILES string of the molecule is O=C(CCC(=O)N1CCN(c2ccc(NC(=O)c3ccc4ccccc4c3)cc2)CC1)C1=CCC(OCCF)C=C1. The normalized spacial score (nSPS) is 16.9. The molecule has 3 aromatic carbocycles. The van der Waals surface area contributed by atoms with E-state index in [2.05, 4.69) is 10.2 Å². The number of Topliss-reactive ketones (excluding diaryl/α,β-unsaturated/α-hetero) is 1. The molecule has 3 aromatic rings. The van der Waals surface area contributed by atoms with E-state index in [-0.39, 0.29) is 43.2 Å². The third-order valence-electron chi connectivity index (χ3n) is 7.49. The first-order valence-corrected chi connectivity index (χ1v) is 14.0. The zero-order valence-corrected chi connectivity index (χ0v) is 22.9. The van der Waals surface area contributed by atoms with Crippen molar-refractivity contribution in [2.24, 2.45) is 0 Å². The number of hydrogen-bond acceptors (Lipinski definition) is 5. The lowest BCUT2D eigenvalue weighted by atomic mass is 9.99. The topological polar surface area (TPSA) is 79.0 Å². The Labute approximate surface area is 239 Å². The highest BCUT2D eigenvalue weighted by Crippen LogP contribution is 2.22. The van der Waals surface area contributed by atoms with Crippen LogP contribution in [-0.2, 0) is 14.3 Å². The Morgan fingerprint density at radius 2 is 1.66 bits per heavy atom. The summed E-state index contributed by atoms with van der Waals surface area (Å²) in [6, 6.07) is 21.3. The van der Waals surface area contributed by atoms with Crippen molar-refractivity contribution >= 4 is 39.7 Å². The lowest BCUT2D eigenvalue weighted by Gasteiger charge is -2.36. The number of ether oxygens (including phenoxy) is 1. The van der Waals surface area contributed by atoms with Gasteiger partial charge < -0.3 is 19.9 Å². The number of benzene rings is 3. The number of piperazine rings is 1. The first-order valence-electron chi connectivity index (χ1n) is 14.0.